The highest BCUT2D eigenvalue weighted by Gasteiger charge is 2.44. The van der Waals surface area contributed by atoms with E-state index in [2.05, 4.69) is 30.0 Å². The first-order valence-electron chi connectivity index (χ1n) is 13.5. The highest BCUT2D eigenvalue weighted by molar-refractivity contribution is 6.23. The highest BCUT2D eigenvalue weighted by Crippen LogP contribution is 2.31. The minimum atomic E-state index is -0.951. The van der Waals surface area contributed by atoms with Gasteiger partial charge >= 0.3 is 0 Å². The number of nitrogen functional groups attached to an aromatic ring is 1. The molecule has 3 N–H and O–H groups in total. The van der Waals surface area contributed by atoms with E-state index in [1.165, 1.54) is 0 Å². The number of fused-ring (bicyclic) bond motifs is 1. The standard InChI is InChI=1S/C27H32N8O4/c28-18-14-29-27(30-15-18)34-7-5-17(6-8-34)16-32-9-11-33(12-10-32)19-1-2-20-21(13-19)26(39)35(25(20)38)22-3-4-23(36)31-24(22)37/h1-2,13-15,17,22H,3-12,16,28H2,(H,31,36,37). The van der Waals surface area contributed by atoms with Crippen molar-refractivity contribution in [1.82, 2.24) is 25.1 Å². The molecule has 1 aromatic carbocycles. The van der Waals surface area contributed by atoms with Crippen molar-refractivity contribution >= 4 is 41.0 Å². The summed E-state index contributed by atoms with van der Waals surface area (Å²) in [6, 6.07) is 4.38. The normalized spacial score (nSPS) is 22.9. The Morgan fingerprint density at radius 1 is 0.846 bits per heavy atom. The number of benzene rings is 1. The molecular weight excluding hydrogens is 500 g/mol. The molecule has 12 heteroatoms. The minimum Gasteiger partial charge on any atom is -0.396 e. The molecule has 6 rings (SSSR count). The van der Waals surface area contributed by atoms with E-state index in [0.717, 1.165) is 75.2 Å². The summed E-state index contributed by atoms with van der Waals surface area (Å²) in [5.74, 6) is -0.557. The first-order valence-corrected chi connectivity index (χ1v) is 13.5. The van der Waals surface area contributed by atoms with Gasteiger partial charge in [0, 0.05) is 57.9 Å². The molecule has 12 nitrogen and oxygen atoms in total. The van der Waals surface area contributed by atoms with Crippen LogP contribution in [0.4, 0.5) is 17.3 Å². The average molecular weight is 533 g/mol. The third-order valence-corrected chi connectivity index (χ3v) is 8.23. The number of carbonyl (C=O) groups is 4. The van der Waals surface area contributed by atoms with Gasteiger partial charge in [-0.15, -0.1) is 0 Å². The summed E-state index contributed by atoms with van der Waals surface area (Å²) in [6.07, 6.45) is 5.75. The van der Waals surface area contributed by atoms with Crippen LogP contribution in [0.5, 0.6) is 0 Å². The third kappa shape index (κ3) is 4.91. The van der Waals surface area contributed by atoms with E-state index in [0.29, 0.717) is 22.7 Å². The van der Waals surface area contributed by atoms with E-state index in [1.54, 1.807) is 24.5 Å². The Balaban J connectivity index is 1.03. The van der Waals surface area contributed by atoms with Gasteiger partial charge in [-0.2, -0.15) is 0 Å². The second kappa shape index (κ2) is 10.3. The highest BCUT2D eigenvalue weighted by atomic mass is 16.2. The SMILES string of the molecule is Nc1cnc(N2CCC(CN3CCN(c4ccc5c(c4)C(=O)N(C4CCC(=O)NC4=O)C5=O)CC3)CC2)nc1. The second-order valence-corrected chi connectivity index (χ2v) is 10.7. The van der Waals surface area contributed by atoms with Crippen molar-refractivity contribution in [2.75, 3.05) is 61.3 Å². The largest absolute Gasteiger partial charge is 0.396 e. The molecule has 0 bridgehead atoms. The molecule has 4 aliphatic heterocycles. The maximum atomic E-state index is 13.2. The van der Waals surface area contributed by atoms with Gasteiger partial charge in [0.05, 0.1) is 29.2 Å². The van der Waals surface area contributed by atoms with E-state index < -0.39 is 23.8 Å². The van der Waals surface area contributed by atoms with E-state index in [-0.39, 0.29) is 18.7 Å². The van der Waals surface area contributed by atoms with Gasteiger partial charge in [0.2, 0.25) is 17.8 Å². The van der Waals surface area contributed by atoms with E-state index >= 15 is 0 Å². The Bertz CT molecular complexity index is 1300. The molecule has 3 saturated heterocycles. The molecule has 39 heavy (non-hydrogen) atoms. The molecule has 0 saturated carbocycles. The number of nitrogens with zero attached hydrogens (tertiary/aromatic N) is 6. The number of anilines is 3. The number of piperidine rings is 2. The van der Waals surface area contributed by atoms with Crippen LogP contribution in [0.3, 0.4) is 0 Å². The zero-order valence-electron chi connectivity index (χ0n) is 21.7. The van der Waals surface area contributed by atoms with Crippen LogP contribution in [0.25, 0.3) is 0 Å². The van der Waals surface area contributed by atoms with Crippen molar-refractivity contribution in [2.45, 2.75) is 31.7 Å². The zero-order valence-corrected chi connectivity index (χ0v) is 21.7. The molecule has 0 radical (unpaired) electrons. The molecule has 4 amide bonds. The lowest BCUT2D eigenvalue weighted by Gasteiger charge is -2.39. The van der Waals surface area contributed by atoms with Crippen LogP contribution in [0.15, 0.2) is 30.6 Å². The molecule has 0 spiro atoms. The van der Waals surface area contributed by atoms with E-state index in [9.17, 15) is 19.2 Å². The van der Waals surface area contributed by atoms with Crippen molar-refractivity contribution in [1.29, 1.82) is 0 Å². The van der Waals surface area contributed by atoms with Crippen molar-refractivity contribution in [2.24, 2.45) is 5.92 Å². The Morgan fingerprint density at radius 2 is 1.54 bits per heavy atom. The summed E-state index contributed by atoms with van der Waals surface area (Å²) in [4.78, 5) is 66.6. The number of piperazine rings is 1. The Hall–Kier alpha value is -4.06. The van der Waals surface area contributed by atoms with Crippen molar-refractivity contribution < 1.29 is 19.2 Å². The Morgan fingerprint density at radius 3 is 2.23 bits per heavy atom. The number of nitrogens with two attached hydrogens (primary N) is 1. The number of rotatable bonds is 5. The minimum absolute atomic E-state index is 0.107. The number of nitrogens with one attached hydrogen (secondary N) is 1. The third-order valence-electron chi connectivity index (χ3n) is 8.23. The van der Waals surface area contributed by atoms with Crippen LogP contribution in [-0.2, 0) is 9.59 Å². The van der Waals surface area contributed by atoms with Gasteiger partial charge < -0.3 is 15.5 Å². The number of hydrogen-bond acceptors (Lipinski definition) is 10. The molecule has 204 valence electrons. The smallest absolute Gasteiger partial charge is 0.262 e. The quantitative estimate of drug-likeness (QED) is 0.522. The van der Waals surface area contributed by atoms with Crippen LogP contribution in [0, 0.1) is 5.92 Å². The lowest BCUT2D eigenvalue weighted by atomic mass is 9.96. The first-order chi connectivity index (χ1) is 18.9. The number of hydrogen-bond donors (Lipinski definition) is 2. The zero-order chi connectivity index (χ0) is 27.1. The molecule has 0 aliphatic carbocycles. The summed E-state index contributed by atoms with van der Waals surface area (Å²) in [7, 11) is 0. The maximum absolute atomic E-state index is 13.2. The molecular formula is C27H32N8O4. The summed E-state index contributed by atoms with van der Waals surface area (Å²) >= 11 is 0. The molecule has 3 fully saturated rings. The maximum Gasteiger partial charge on any atom is 0.262 e. The molecule has 1 unspecified atom stereocenters. The summed E-state index contributed by atoms with van der Waals surface area (Å²) in [5.41, 5.74) is 7.80. The number of aromatic nitrogens is 2. The number of amides is 4. The monoisotopic (exact) mass is 532 g/mol. The van der Waals surface area contributed by atoms with Crippen LogP contribution in [0.1, 0.15) is 46.4 Å². The average Bonchev–Trinajstić information content (AvgIpc) is 3.19. The lowest BCUT2D eigenvalue weighted by Crippen LogP contribution is -2.54. The van der Waals surface area contributed by atoms with Gasteiger partial charge in [0.25, 0.3) is 11.8 Å². The number of carbonyl (C=O) groups excluding carboxylic acids is 4. The fourth-order valence-corrected chi connectivity index (χ4v) is 6.02. The van der Waals surface area contributed by atoms with Crippen molar-refractivity contribution in [3.8, 4) is 0 Å². The molecule has 2 aromatic rings. The van der Waals surface area contributed by atoms with Crippen LogP contribution < -0.4 is 20.9 Å². The van der Waals surface area contributed by atoms with Gasteiger partial charge in [-0.25, -0.2) is 9.97 Å². The van der Waals surface area contributed by atoms with E-state index in [4.69, 9.17) is 5.73 Å². The molecule has 1 aromatic heterocycles. The van der Waals surface area contributed by atoms with Gasteiger partial charge in [0.1, 0.15) is 6.04 Å². The fourth-order valence-electron chi connectivity index (χ4n) is 6.02. The molecule has 1 atom stereocenters. The molecule has 5 heterocycles. The predicted octanol–water partition coefficient (Wildman–Crippen LogP) is 0.499. The molecule has 4 aliphatic rings. The Labute approximate surface area is 226 Å². The number of imide groups is 2. The predicted molar refractivity (Wildman–Crippen MR) is 143 cm³/mol. The fraction of sp³-hybridized carbons (Fsp3) is 0.481. The summed E-state index contributed by atoms with van der Waals surface area (Å²) in [5, 5.41) is 2.23. The lowest BCUT2D eigenvalue weighted by molar-refractivity contribution is -0.136. The van der Waals surface area contributed by atoms with Crippen molar-refractivity contribution in [3.05, 3.63) is 41.7 Å². The summed E-state index contributed by atoms with van der Waals surface area (Å²) in [6.45, 7) is 6.44. The van der Waals surface area contributed by atoms with E-state index in [1.807, 2.05) is 6.07 Å². The second-order valence-electron chi connectivity index (χ2n) is 10.7. The summed E-state index contributed by atoms with van der Waals surface area (Å²) < 4.78 is 0. The topological polar surface area (TPSA) is 145 Å². The van der Waals surface area contributed by atoms with Gasteiger partial charge in [-0.3, -0.25) is 34.3 Å². The van der Waals surface area contributed by atoms with Crippen LogP contribution >= 0.6 is 0 Å². The van der Waals surface area contributed by atoms with Gasteiger partial charge in [-0.1, -0.05) is 0 Å². The van der Waals surface area contributed by atoms with Gasteiger partial charge in [0.15, 0.2) is 0 Å². The Kier molecular flexibility index (Phi) is 6.63. The first kappa shape index (κ1) is 25.2. The van der Waals surface area contributed by atoms with Crippen molar-refractivity contribution in [3.63, 3.8) is 0 Å². The van der Waals surface area contributed by atoms with Crippen LogP contribution in [-0.4, -0.2) is 95.3 Å². The van der Waals surface area contributed by atoms with Crippen LogP contribution in [0.2, 0.25) is 0 Å². The van der Waals surface area contributed by atoms with Gasteiger partial charge in [-0.05, 0) is 43.4 Å².